The number of nitrogens with two attached hydrogens (primary N) is 2. The van der Waals surface area contributed by atoms with Gasteiger partial charge in [0.1, 0.15) is 41.5 Å². The molecule has 0 spiro atoms. The number of carbonyl (C=O) groups excluding carboxylic acids is 1. The van der Waals surface area contributed by atoms with Crippen LogP contribution in [0.25, 0.3) is 0 Å². The highest BCUT2D eigenvalue weighted by molar-refractivity contribution is 6.16. The second kappa shape index (κ2) is 17.0. The van der Waals surface area contributed by atoms with Crippen LogP contribution in [-0.2, 0) is 16.6 Å². The highest BCUT2D eigenvalue weighted by atomic mass is 16.5. The SMILES string of the molecule is CC(C)(C)c1cc(CC=O)no1.CN.CNC1CCC(Nc2ncnc(N)c2C(=N)c2ccc(Oc3ccccc3)cc2)CC1. The van der Waals surface area contributed by atoms with E-state index in [2.05, 4.69) is 31.5 Å². The molecule has 45 heavy (non-hydrogen) atoms. The van der Waals surface area contributed by atoms with Crippen LogP contribution >= 0.6 is 0 Å². The Bertz CT molecular complexity index is 1480. The van der Waals surface area contributed by atoms with E-state index in [1.807, 2.05) is 88.5 Å². The van der Waals surface area contributed by atoms with Crippen LogP contribution in [0.2, 0.25) is 0 Å². The smallest absolute Gasteiger partial charge is 0.142 e. The van der Waals surface area contributed by atoms with E-state index in [9.17, 15) is 4.79 Å². The number of anilines is 2. The first-order valence-electron chi connectivity index (χ1n) is 15.1. The van der Waals surface area contributed by atoms with Crippen LogP contribution in [0.5, 0.6) is 11.5 Å². The Morgan fingerprint density at radius 2 is 1.62 bits per heavy atom. The van der Waals surface area contributed by atoms with E-state index in [1.54, 1.807) is 0 Å². The molecule has 1 aliphatic rings. The lowest BCUT2D eigenvalue weighted by molar-refractivity contribution is -0.107. The number of nitrogen functional groups attached to an aromatic ring is 1. The van der Waals surface area contributed by atoms with Crippen LogP contribution in [0.4, 0.5) is 11.6 Å². The molecular formula is C34H46N8O3. The molecule has 0 radical (unpaired) electrons. The van der Waals surface area contributed by atoms with Crippen LogP contribution in [0.15, 0.2) is 71.5 Å². The van der Waals surface area contributed by atoms with Gasteiger partial charge in [-0.2, -0.15) is 0 Å². The van der Waals surface area contributed by atoms with Crippen molar-refractivity contribution in [2.24, 2.45) is 5.73 Å². The van der Waals surface area contributed by atoms with Gasteiger partial charge in [-0.15, -0.1) is 0 Å². The van der Waals surface area contributed by atoms with Crippen molar-refractivity contribution in [3.05, 3.63) is 89.6 Å². The first kappa shape index (κ1) is 34.9. The summed E-state index contributed by atoms with van der Waals surface area (Å²) in [5.41, 5.74) is 12.9. The Morgan fingerprint density at radius 3 is 2.20 bits per heavy atom. The molecule has 1 fully saturated rings. The van der Waals surface area contributed by atoms with Gasteiger partial charge in [0.25, 0.3) is 0 Å². The van der Waals surface area contributed by atoms with Gasteiger partial charge in [-0.3, -0.25) is 5.41 Å². The molecule has 0 aliphatic heterocycles. The molecule has 0 saturated heterocycles. The minimum Gasteiger partial charge on any atom is -0.457 e. The minimum atomic E-state index is -0.0336. The Hall–Kier alpha value is -4.61. The minimum absolute atomic E-state index is 0.0336. The molecule has 1 aliphatic carbocycles. The van der Waals surface area contributed by atoms with E-state index < -0.39 is 0 Å². The quantitative estimate of drug-likeness (QED) is 0.119. The second-order valence-corrected chi connectivity index (χ2v) is 11.6. The van der Waals surface area contributed by atoms with Gasteiger partial charge in [-0.25, -0.2) is 9.97 Å². The molecule has 240 valence electrons. The summed E-state index contributed by atoms with van der Waals surface area (Å²) in [6.07, 6.45) is 6.94. The van der Waals surface area contributed by atoms with Crippen molar-refractivity contribution in [1.82, 2.24) is 20.4 Å². The first-order chi connectivity index (χ1) is 21.7. The number of nitrogens with one attached hydrogen (secondary N) is 3. The monoisotopic (exact) mass is 614 g/mol. The number of benzene rings is 2. The lowest BCUT2D eigenvalue weighted by Gasteiger charge is -2.29. The molecule has 5 rings (SSSR count). The molecule has 0 bridgehead atoms. The fourth-order valence-electron chi connectivity index (χ4n) is 4.78. The number of aromatic nitrogens is 3. The van der Waals surface area contributed by atoms with Crippen molar-refractivity contribution in [2.45, 2.75) is 70.4 Å². The maximum Gasteiger partial charge on any atom is 0.142 e. The van der Waals surface area contributed by atoms with Gasteiger partial charge in [-0.1, -0.05) is 44.1 Å². The first-order valence-corrected chi connectivity index (χ1v) is 15.1. The van der Waals surface area contributed by atoms with Crippen molar-refractivity contribution in [3.8, 4) is 11.5 Å². The number of carbonyl (C=O) groups is 1. The van der Waals surface area contributed by atoms with Crippen molar-refractivity contribution < 1.29 is 14.1 Å². The molecule has 4 aromatic rings. The third-order valence-electron chi connectivity index (χ3n) is 7.32. The molecule has 11 nitrogen and oxygen atoms in total. The van der Waals surface area contributed by atoms with Gasteiger partial charge in [-0.05, 0) is 76.2 Å². The van der Waals surface area contributed by atoms with Gasteiger partial charge in [0, 0.05) is 35.5 Å². The van der Waals surface area contributed by atoms with E-state index in [0.29, 0.717) is 47.1 Å². The van der Waals surface area contributed by atoms with Crippen LogP contribution < -0.4 is 26.8 Å². The molecular weight excluding hydrogens is 568 g/mol. The van der Waals surface area contributed by atoms with Gasteiger partial charge >= 0.3 is 0 Å². The maximum absolute atomic E-state index is 10.2. The zero-order valence-corrected chi connectivity index (χ0v) is 26.8. The number of rotatable bonds is 9. The zero-order valence-electron chi connectivity index (χ0n) is 26.8. The molecule has 0 atom stereocenters. The predicted octanol–water partition coefficient (Wildman–Crippen LogP) is 5.50. The lowest BCUT2D eigenvalue weighted by atomic mass is 9.91. The number of aldehydes is 1. The normalized spacial score (nSPS) is 15.9. The number of ether oxygens (including phenoxy) is 1. The highest BCUT2D eigenvalue weighted by Gasteiger charge is 2.23. The third-order valence-corrected chi connectivity index (χ3v) is 7.32. The Balaban J connectivity index is 0.000000331. The van der Waals surface area contributed by atoms with Crippen LogP contribution in [-0.4, -0.2) is 53.3 Å². The average molecular weight is 615 g/mol. The molecule has 7 N–H and O–H groups in total. The molecule has 2 heterocycles. The van der Waals surface area contributed by atoms with Gasteiger partial charge in [0.05, 0.1) is 17.0 Å². The van der Waals surface area contributed by atoms with E-state index >= 15 is 0 Å². The summed E-state index contributed by atoms with van der Waals surface area (Å²) in [7, 11) is 3.51. The maximum atomic E-state index is 10.2. The largest absolute Gasteiger partial charge is 0.457 e. The van der Waals surface area contributed by atoms with Crippen molar-refractivity contribution in [2.75, 3.05) is 25.1 Å². The average Bonchev–Trinajstić information content (AvgIpc) is 3.53. The molecule has 1 saturated carbocycles. The molecule has 2 aromatic heterocycles. The molecule has 11 heteroatoms. The number of hydrogen-bond donors (Lipinski definition) is 5. The van der Waals surface area contributed by atoms with E-state index in [1.165, 1.54) is 13.4 Å². The summed E-state index contributed by atoms with van der Waals surface area (Å²) in [5.74, 6) is 3.22. The Kier molecular flexibility index (Phi) is 13.2. The summed E-state index contributed by atoms with van der Waals surface area (Å²) in [6.45, 7) is 6.12. The summed E-state index contributed by atoms with van der Waals surface area (Å²) >= 11 is 0. The summed E-state index contributed by atoms with van der Waals surface area (Å²) in [4.78, 5) is 18.7. The van der Waals surface area contributed by atoms with E-state index in [4.69, 9.17) is 20.4 Å². The fourth-order valence-corrected chi connectivity index (χ4v) is 4.78. The summed E-state index contributed by atoms with van der Waals surface area (Å²) in [5, 5.41) is 19.4. The van der Waals surface area contributed by atoms with Crippen LogP contribution in [0.3, 0.4) is 0 Å². The fraction of sp³-hybridized carbons (Fsp3) is 0.382. The van der Waals surface area contributed by atoms with Gasteiger partial charge < -0.3 is 36.2 Å². The second-order valence-electron chi connectivity index (χ2n) is 11.6. The number of hydrogen-bond acceptors (Lipinski definition) is 11. The molecule has 0 unspecified atom stereocenters. The lowest BCUT2D eigenvalue weighted by Crippen LogP contribution is -2.35. The van der Waals surface area contributed by atoms with Crippen molar-refractivity contribution in [3.63, 3.8) is 0 Å². The summed E-state index contributed by atoms with van der Waals surface area (Å²) in [6, 6.07) is 19.7. The van der Waals surface area contributed by atoms with E-state index in [-0.39, 0.29) is 11.1 Å². The van der Waals surface area contributed by atoms with Crippen molar-refractivity contribution in [1.29, 1.82) is 5.41 Å². The zero-order chi connectivity index (χ0) is 32.8. The number of nitrogens with zero attached hydrogens (tertiary/aromatic N) is 3. The Morgan fingerprint density at radius 1 is 1.00 bits per heavy atom. The predicted molar refractivity (Wildman–Crippen MR) is 179 cm³/mol. The van der Waals surface area contributed by atoms with E-state index in [0.717, 1.165) is 49.0 Å². The highest BCUT2D eigenvalue weighted by Crippen LogP contribution is 2.28. The van der Waals surface area contributed by atoms with Crippen LogP contribution in [0.1, 0.15) is 69.0 Å². The summed E-state index contributed by atoms with van der Waals surface area (Å²) < 4.78 is 10.9. The Labute approximate surface area is 265 Å². The molecule has 2 aromatic carbocycles. The number of para-hydroxylation sites is 1. The third kappa shape index (κ3) is 10.2. The van der Waals surface area contributed by atoms with Gasteiger partial charge in [0.2, 0.25) is 0 Å². The van der Waals surface area contributed by atoms with Crippen LogP contribution in [0, 0.1) is 5.41 Å². The van der Waals surface area contributed by atoms with Crippen molar-refractivity contribution >= 4 is 23.6 Å². The standard InChI is InChI=1S/C24H28N6O.C9H13NO2.CH5N/c1-27-17-9-11-18(12-10-17)30-24-21(23(26)28-15-29-24)22(25)16-7-13-20(14-8-16)31-19-5-3-2-4-6-19;1-9(2,3)8-6-7(4-5-11)10-12-8;1-2/h2-8,13-15,17-18,25,27H,9-12H2,1H3,(H3,26,28,29,30);5-6H,4H2,1-3H3;2H2,1H3. The molecule has 0 amide bonds. The van der Waals surface area contributed by atoms with Gasteiger partial charge in [0.15, 0.2) is 0 Å². The topological polar surface area (TPSA) is 178 Å².